The molecule has 0 spiro atoms. The van der Waals surface area contributed by atoms with Gasteiger partial charge in [0.1, 0.15) is 0 Å². The third kappa shape index (κ3) is 3.54. The van der Waals surface area contributed by atoms with Crippen LogP contribution in [0.2, 0.25) is 0 Å². The Morgan fingerprint density at radius 2 is 2.56 bits per heavy atom. The van der Waals surface area contributed by atoms with Crippen LogP contribution in [0.1, 0.15) is 36.9 Å². The Morgan fingerprint density at radius 1 is 1.69 bits per heavy atom. The first-order valence-electron chi connectivity index (χ1n) is 6.12. The summed E-state index contributed by atoms with van der Waals surface area (Å²) in [5.74, 6) is 0. The van der Waals surface area contributed by atoms with Gasteiger partial charge in [0.05, 0.1) is 10.7 Å². The lowest BCUT2D eigenvalue weighted by Crippen LogP contribution is -2.33. The molecule has 0 amide bonds. The Kier molecular flexibility index (Phi) is 4.32. The molecule has 1 saturated heterocycles. The summed E-state index contributed by atoms with van der Waals surface area (Å²) in [4.78, 5) is 4.45. The minimum absolute atomic E-state index is 0.567. The minimum Gasteiger partial charge on any atom is -0.314 e. The van der Waals surface area contributed by atoms with Crippen LogP contribution in [0.3, 0.4) is 0 Å². The van der Waals surface area contributed by atoms with E-state index in [1.165, 1.54) is 31.5 Å². The lowest BCUT2D eigenvalue weighted by Gasteiger charge is -2.17. The first-order chi connectivity index (χ1) is 7.74. The van der Waals surface area contributed by atoms with Gasteiger partial charge < -0.3 is 10.6 Å². The van der Waals surface area contributed by atoms with Gasteiger partial charge in [-0.1, -0.05) is 0 Å². The van der Waals surface area contributed by atoms with Crippen LogP contribution in [0.5, 0.6) is 0 Å². The van der Waals surface area contributed by atoms with Crippen molar-refractivity contribution in [2.24, 2.45) is 0 Å². The molecule has 2 N–H and O–H groups in total. The summed E-state index contributed by atoms with van der Waals surface area (Å²) in [5.41, 5.74) is 1.17. The second-order valence-electron chi connectivity index (χ2n) is 4.67. The van der Waals surface area contributed by atoms with E-state index in [2.05, 4.69) is 34.8 Å². The van der Waals surface area contributed by atoms with Crippen molar-refractivity contribution in [3.05, 3.63) is 16.1 Å². The number of rotatable bonds is 5. The van der Waals surface area contributed by atoms with Crippen molar-refractivity contribution >= 4 is 11.3 Å². The SMILES string of the molecule is Cc1nc(CNC(C)CC2CCCN2)cs1. The first-order valence-corrected chi connectivity index (χ1v) is 7.00. The highest BCUT2D eigenvalue weighted by atomic mass is 32.1. The molecule has 1 aromatic rings. The predicted molar refractivity (Wildman–Crippen MR) is 68.8 cm³/mol. The maximum atomic E-state index is 4.45. The van der Waals surface area contributed by atoms with Crippen LogP contribution < -0.4 is 10.6 Å². The van der Waals surface area contributed by atoms with E-state index in [9.17, 15) is 0 Å². The number of thiazole rings is 1. The summed E-state index contributed by atoms with van der Waals surface area (Å²) < 4.78 is 0. The summed E-state index contributed by atoms with van der Waals surface area (Å²) in [7, 11) is 0. The average Bonchev–Trinajstić information content (AvgIpc) is 2.87. The van der Waals surface area contributed by atoms with E-state index >= 15 is 0 Å². The van der Waals surface area contributed by atoms with Crippen molar-refractivity contribution in [1.29, 1.82) is 0 Å². The molecule has 2 unspecified atom stereocenters. The molecule has 2 atom stereocenters. The van der Waals surface area contributed by atoms with Crippen molar-refractivity contribution in [3.8, 4) is 0 Å². The highest BCUT2D eigenvalue weighted by Gasteiger charge is 2.16. The zero-order valence-electron chi connectivity index (χ0n) is 10.1. The van der Waals surface area contributed by atoms with Crippen molar-refractivity contribution < 1.29 is 0 Å². The predicted octanol–water partition coefficient (Wildman–Crippen LogP) is 2.07. The van der Waals surface area contributed by atoms with Gasteiger partial charge in [0.15, 0.2) is 0 Å². The monoisotopic (exact) mass is 239 g/mol. The topological polar surface area (TPSA) is 37.0 Å². The standard InChI is InChI=1S/C12H21N3S/c1-9(6-11-4-3-5-13-11)14-7-12-8-16-10(2)15-12/h8-9,11,13-14H,3-7H2,1-2H3. The van der Waals surface area contributed by atoms with Gasteiger partial charge >= 0.3 is 0 Å². The number of hydrogen-bond donors (Lipinski definition) is 2. The molecule has 0 aromatic carbocycles. The lowest BCUT2D eigenvalue weighted by molar-refractivity contribution is 0.438. The molecule has 1 fully saturated rings. The molecule has 16 heavy (non-hydrogen) atoms. The molecule has 4 heteroatoms. The Hall–Kier alpha value is -0.450. The van der Waals surface area contributed by atoms with Gasteiger partial charge in [0, 0.05) is 24.0 Å². The fourth-order valence-electron chi connectivity index (χ4n) is 2.24. The first kappa shape index (κ1) is 12.0. The lowest BCUT2D eigenvalue weighted by atomic mass is 10.1. The number of aromatic nitrogens is 1. The van der Waals surface area contributed by atoms with E-state index < -0.39 is 0 Å². The Bertz CT molecular complexity index is 318. The molecule has 3 nitrogen and oxygen atoms in total. The molecule has 90 valence electrons. The van der Waals surface area contributed by atoms with E-state index in [0.29, 0.717) is 6.04 Å². The van der Waals surface area contributed by atoms with Crippen molar-refractivity contribution in [2.45, 2.75) is 51.7 Å². The summed E-state index contributed by atoms with van der Waals surface area (Å²) in [5, 5.41) is 10.4. The van der Waals surface area contributed by atoms with E-state index in [-0.39, 0.29) is 0 Å². The second-order valence-corrected chi connectivity index (χ2v) is 5.73. The third-order valence-electron chi connectivity index (χ3n) is 3.10. The smallest absolute Gasteiger partial charge is 0.0897 e. The zero-order chi connectivity index (χ0) is 11.4. The molecule has 1 aliphatic heterocycles. The maximum absolute atomic E-state index is 4.45. The summed E-state index contributed by atoms with van der Waals surface area (Å²) in [6.45, 7) is 6.42. The van der Waals surface area contributed by atoms with Gasteiger partial charge in [-0.2, -0.15) is 0 Å². The van der Waals surface area contributed by atoms with Crippen LogP contribution in [0.25, 0.3) is 0 Å². The van der Waals surface area contributed by atoms with Gasteiger partial charge in [0.25, 0.3) is 0 Å². The van der Waals surface area contributed by atoms with Gasteiger partial charge in [-0.25, -0.2) is 4.98 Å². The van der Waals surface area contributed by atoms with E-state index in [1.807, 2.05) is 0 Å². The number of nitrogens with zero attached hydrogens (tertiary/aromatic N) is 1. The van der Waals surface area contributed by atoms with E-state index in [4.69, 9.17) is 0 Å². The second kappa shape index (κ2) is 5.75. The summed E-state index contributed by atoms with van der Waals surface area (Å²) in [6.07, 6.45) is 3.90. The fourth-order valence-corrected chi connectivity index (χ4v) is 2.85. The molecular formula is C12H21N3S. The van der Waals surface area contributed by atoms with Crippen molar-refractivity contribution in [1.82, 2.24) is 15.6 Å². The molecular weight excluding hydrogens is 218 g/mol. The molecule has 1 aromatic heterocycles. The minimum atomic E-state index is 0.567. The third-order valence-corrected chi connectivity index (χ3v) is 3.92. The van der Waals surface area contributed by atoms with Crippen LogP contribution in [0.4, 0.5) is 0 Å². The molecule has 0 bridgehead atoms. The normalized spacial score (nSPS) is 22.5. The molecule has 2 rings (SSSR count). The quantitative estimate of drug-likeness (QED) is 0.826. The highest BCUT2D eigenvalue weighted by molar-refractivity contribution is 7.09. The van der Waals surface area contributed by atoms with Gasteiger partial charge in [-0.15, -0.1) is 11.3 Å². The van der Waals surface area contributed by atoms with E-state index in [1.54, 1.807) is 11.3 Å². The number of hydrogen-bond acceptors (Lipinski definition) is 4. The highest BCUT2D eigenvalue weighted by Crippen LogP contribution is 2.12. The molecule has 0 saturated carbocycles. The Morgan fingerprint density at radius 3 is 3.19 bits per heavy atom. The molecule has 0 radical (unpaired) electrons. The van der Waals surface area contributed by atoms with Crippen LogP contribution in [-0.2, 0) is 6.54 Å². The van der Waals surface area contributed by atoms with Gasteiger partial charge in [-0.3, -0.25) is 0 Å². The summed E-state index contributed by atoms with van der Waals surface area (Å²) >= 11 is 1.73. The zero-order valence-corrected chi connectivity index (χ0v) is 10.9. The van der Waals surface area contributed by atoms with Gasteiger partial charge in [0.2, 0.25) is 0 Å². The summed E-state index contributed by atoms with van der Waals surface area (Å²) in [6, 6.07) is 1.29. The van der Waals surface area contributed by atoms with E-state index in [0.717, 1.165) is 17.6 Å². The number of aryl methyl sites for hydroxylation is 1. The maximum Gasteiger partial charge on any atom is 0.0897 e. The van der Waals surface area contributed by atoms with Gasteiger partial charge in [-0.05, 0) is 39.7 Å². The Balaban J connectivity index is 1.68. The van der Waals surface area contributed by atoms with Crippen LogP contribution in [0, 0.1) is 6.92 Å². The number of nitrogens with one attached hydrogen (secondary N) is 2. The fraction of sp³-hybridized carbons (Fsp3) is 0.750. The Labute approximate surface area is 102 Å². The van der Waals surface area contributed by atoms with Crippen molar-refractivity contribution in [2.75, 3.05) is 6.54 Å². The molecule has 2 heterocycles. The molecule has 1 aliphatic rings. The van der Waals surface area contributed by atoms with Crippen LogP contribution >= 0.6 is 11.3 Å². The van der Waals surface area contributed by atoms with Crippen LogP contribution in [-0.4, -0.2) is 23.6 Å². The van der Waals surface area contributed by atoms with Crippen LogP contribution in [0.15, 0.2) is 5.38 Å². The average molecular weight is 239 g/mol. The largest absolute Gasteiger partial charge is 0.314 e. The molecule has 0 aliphatic carbocycles. The van der Waals surface area contributed by atoms with Crippen molar-refractivity contribution in [3.63, 3.8) is 0 Å².